The molecule has 9 N–H and O–H groups in total. The molecule has 1 aliphatic heterocycles. The van der Waals surface area contributed by atoms with Crippen molar-refractivity contribution in [3.05, 3.63) is 118 Å². The summed E-state index contributed by atoms with van der Waals surface area (Å²) < 4.78 is 0. The first-order valence-corrected chi connectivity index (χ1v) is 14.8. The number of anilines is 2. The Hall–Kier alpha value is -5.44. The first kappa shape index (κ1) is 31.0. The zero-order chi connectivity index (χ0) is 32.5. The SMILES string of the molecule is CC(C)CC(=O)Nc1cc(-c2ccc(C(N)=O)cc2C(=O)O)cc([C@@H]2C[C@](C)(c3ccccc3)c3cc(C(N)=[NH2+])ccc3N2)c1. The van der Waals surface area contributed by atoms with Crippen LogP contribution in [0, 0.1) is 5.92 Å². The number of hydrogen-bond donors (Lipinski definition) is 6. The van der Waals surface area contributed by atoms with Gasteiger partial charge in [0.15, 0.2) is 0 Å². The quantitative estimate of drug-likeness (QED) is 0.122. The van der Waals surface area contributed by atoms with Gasteiger partial charge in [-0.1, -0.05) is 57.2 Å². The molecule has 0 radical (unpaired) electrons. The lowest BCUT2D eigenvalue weighted by molar-refractivity contribution is -0.117. The van der Waals surface area contributed by atoms with Crippen LogP contribution in [0.5, 0.6) is 0 Å². The number of amides is 2. The van der Waals surface area contributed by atoms with Gasteiger partial charge in [-0.3, -0.25) is 20.7 Å². The van der Waals surface area contributed by atoms with Gasteiger partial charge in [-0.15, -0.1) is 0 Å². The van der Waals surface area contributed by atoms with E-state index in [0.29, 0.717) is 29.7 Å². The Labute approximate surface area is 262 Å². The fourth-order valence-corrected chi connectivity index (χ4v) is 6.13. The van der Waals surface area contributed by atoms with Crippen LogP contribution in [-0.4, -0.2) is 28.7 Å². The predicted molar refractivity (Wildman–Crippen MR) is 176 cm³/mol. The molecule has 0 aromatic heterocycles. The lowest BCUT2D eigenvalue weighted by atomic mass is 9.68. The van der Waals surface area contributed by atoms with Crippen LogP contribution in [-0.2, 0) is 10.2 Å². The summed E-state index contributed by atoms with van der Waals surface area (Å²) in [4.78, 5) is 37.1. The Kier molecular flexibility index (Phi) is 8.46. The second kappa shape index (κ2) is 12.3. The molecule has 0 fully saturated rings. The van der Waals surface area contributed by atoms with E-state index in [-0.39, 0.29) is 34.8 Å². The average Bonchev–Trinajstić information content (AvgIpc) is 3.00. The maximum atomic E-state index is 12.9. The summed E-state index contributed by atoms with van der Waals surface area (Å²) in [5.41, 5.74) is 17.2. The molecule has 2 atom stereocenters. The fraction of sp³-hybridized carbons (Fsp3) is 0.222. The van der Waals surface area contributed by atoms with Crippen LogP contribution >= 0.6 is 0 Å². The van der Waals surface area contributed by atoms with E-state index in [2.05, 4.69) is 29.7 Å². The van der Waals surface area contributed by atoms with E-state index in [4.69, 9.17) is 16.9 Å². The van der Waals surface area contributed by atoms with E-state index < -0.39 is 17.3 Å². The minimum atomic E-state index is -1.20. The first-order valence-electron chi connectivity index (χ1n) is 14.8. The number of aromatic carboxylic acids is 1. The number of rotatable bonds is 9. The Balaban J connectivity index is 1.68. The fourth-order valence-electron chi connectivity index (χ4n) is 6.13. The van der Waals surface area contributed by atoms with Gasteiger partial charge >= 0.3 is 5.97 Å². The van der Waals surface area contributed by atoms with E-state index in [1.54, 1.807) is 12.1 Å². The molecular formula is C36H38N5O4+. The van der Waals surface area contributed by atoms with E-state index in [1.165, 1.54) is 12.1 Å². The Bertz CT molecular complexity index is 1820. The zero-order valence-electron chi connectivity index (χ0n) is 25.6. The molecule has 5 rings (SSSR count). The number of carboxylic acids is 1. The van der Waals surface area contributed by atoms with Gasteiger partial charge in [0.2, 0.25) is 11.8 Å². The number of carbonyl (C=O) groups excluding carboxylic acids is 2. The molecule has 0 spiro atoms. The summed E-state index contributed by atoms with van der Waals surface area (Å²) in [6.07, 6.45) is 0.963. The summed E-state index contributed by atoms with van der Waals surface area (Å²) in [7, 11) is 0. The van der Waals surface area contributed by atoms with Crippen LogP contribution < -0.4 is 27.5 Å². The van der Waals surface area contributed by atoms with E-state index in [1.807, 2.05) is 62.4 Å². The Morgan fingerprint density at radius 1 is 0.978 bits per heavy atom. The second-order valence-electron chi connectivity index (χ2n) is 12.2. The van der Waals surface area contributed by atoms with Gasteiger partial charge in [0.25, 0.3) is 5.84 Å². The normalized spacial score (nSPS) is 17.2. The van der Waals surface area contributed by atoms with Gasteiger partial charge in [0.05, 0.1) is 17.2 Å². The highest BCUT2D eigenvalue weighted by Gasteiger charge is 2.39. The number of carboxylic acid groups (broad SMARTS) is 1. The highest BCUT2D eigenvalue weighted by molar-refractivity contribution is 6.01. The lowest BCUT2D eigenvalue weighted by Gasteiger charge is -2.42. The molecular weight excluding hydrogens is 566 g/mol. The molecule has 1 aliphatic rings. The third-order valence-corrected chi connectivity index (χ3v) is 8.38. The van der Waals surface area contributed by atoms with Gasteiger partial charge in [-0.25, -0.2) is 4.79 Å². The van der Waals surface area contributed by atoms with Crippen molar-refractivity contribution in [2.45, 2.75) is 45.1 Å². The molecule has 4 aromatic rings. The minimum absolute atomic E-state index is 0.0675. The number of primary amides is 1. The van der Waals surface area contributed by atoms with Crippen molar-refractivity contribution >= 4 is 35.0 Å². The molecule has 1 heterocycles. The van der Waals surface area contributed by atoms with Gasteiger partial charge in [-0.2, -0.15) is 0 Å². The van der Waals surface area contributed by atoms with Crippen molar-refractivity contribution in [1.82, 2.24) is 0 Å². The summed E-state index contributed by atoms with van der Waals surface area (Å²) in [6, 6.07) is 25.8. The van der Waals surface area contributed by atoms with Crippen LogP contribution in [0.15, 0.2) is 84.9 Å². The molecule has 9 nitrogen and oxygen atoms in total. The second-order valence-corrected chi connectivity index (χ2v) is 12.2. The topological polar surface area (TPSA) is 173 Å². The first-order chi connectivity index (χ1) is 21.4. The van der Waals surface area contributed by atoms with E-state index >= 15 is 0 Å². The van der Waals surface area contributed by atoms with E-state index in [9.17, 15) is 19.5 Å². The monoisotopic (exact) mass is 604 g/mol. The zero-order valence-corrected chi connectivity index (χ0v) is 25.6. The largest absolute Gasteiger partial charge is 0.478 e. The van der Waals surface area contributed by atoms with Crippen molar-refractivity contribution < 1.29 is 24.9 Å². The van der Waals surface area contributed by atoms with Gasteiger partial charge in [0.1, 0.15) is 0 Å². The third kappa shape index (κ3) is 6.43. The molecule has 4 aromatic carbocycles. The van der Waals surface area contributed by atoms with Gasteiger partial charge < -0.3 is 21.5 Å². The number of nitrogens with two attached hydrogens (primary N) is 3. The van der Waals surface area contributed by atoms with Crippen molar-refractivity contribution in [1.29, 1.82) is 0 Å². The van der Waals surface area contributed by atoms with Crippen molar-refractivity contribution in [2.75, 3.05) is 10.6 Å². The van der Waals surface area contributed by atoms with Crippen molar-refractivity contribution in [2.24, 2.45) is 17.4 Å². The highest BCUT2D eigenvalue weighted by Crippen LogP contribution is 2.49. The molecule has 0 unspecified atom stereocenters. The highest BCUT2D eigenvalue weighted by atomic mass is 16.4. The summed E-state index contributed by atoms with van der Waals surface area (Å²) >= 11 is 0. The lowest BCUT2D eigenvalue weighted by Crippen LogP contribution is -2.46. The predicted octanol–water partition coefficient (Wildman–Crippen LogP) is 4.46. The van der Waals surface area contributed by atoms with Crippen molar-refractivity contribution in [3.8, 4) is 11.1 Å². The van der Waals surface area contributed by atoms with Gasteiger partial charge in [0, 0.05) is 28.8 Å². The molecule has 0 bridgehead atoms. The number of benzene rings is 4. The smallest absolute Gasteiger partial charge is 0.336 e. The van der Waals surface area contributed by atoms with Crippen LogP contribution in [0.2, 0.25) is 0 Å². The molecule has 2 amide bonds. The summed E-state index contributed by atoms with van der Waals surface area (Å²) in [5.74, 6) is -1.67. The third-order valence-electron chi connectivity index (χ3n) is 8.38. The molecule has 230 valence electrons. The minimum Gasteiger partial charge on any atom is -0.478 e. The van der Waals surface area contributed by atoms with Crippen molar-refractivity contribution in [3.63, 3.8) is 0 Å². The van der Waals surface area contributed by atoms with Crippen LogP contribution in [0.4, 0.5) is 11.4 Å². The molecule has 0 saturated heterocycles. The number of carbonyl (C=O) groups is 3. The standard InChI is InChI=1S/C36H37N5O4/c1-20(2)13-32(42)40-26-15-23(27-11-9-22(34(39)43)17-28(27)35(44)45)14-24(16-26)31-19-36(3,25-7-5-4-6-8-25)29-18-21(33(37)38)10-12-30(29)41-31/h4-12,14-18,20,31,41H,13,19H2,1-3H3,(H3,37,38)(H2,39,43)(H,40,42)(H,44,45)/p+1/t31-,36+/m0/s1. The van der Waals surface area contributed by atoms with Crippen LogP contribution in [0.3, 0.4) is 0 Å². The number of hydrogen-bond acceptors (Lipinski definition) is 4. The molecule has 0 aliphatic carbocycles. The summed E-state index contributed by atoms with van der Waals surface area (Å²) in [5, 5.41) is 22.7. The van der Waals surface area contributed by atoms with Gasteiger partial charge in [-0.05, 0) is 88.7 Å². The maximum absolute atomic E-state index is 12.9. The van der Waals surface area contributed by atoms with Crippen LogP contribution in [0.1, 0.15) is 82.6 Å². The number of fused-ring (bicyclic) bond motifs is 1. The molecule has 0 saturated carbocycles. The maximum Gasteiger partial charge on any atom is 0.336 e. The molecule has 45 heavy (non-hydrogen) atoms. The van der Waals surface area contributed by atoms with E-state index in [0.717, 1.165) is 27.9 Å². The number of nitrogens with one attached hydrogen (secondary N) is 2. The van der Waals surface area contributed by atoms with Crippen LogP contribution in [0.25, 0.3) is 11.1 Å². The average molecular weight is 605 g/mol. The number of amidine groups is 1. The molecule has 9 heteroatoms. The Morgan fingerprint density at radius 2 is 1.69 bits per heavy atom. The summed E-state index contributed by atoms with van der Waals surface area (Å²) in [6.45, 7) is 6.12. The Morgan fingerprint density at radius 3 is 2.33 bits per heavy atom.